The molecule has 11 rings (SSSR count). The van der Waals surface area contributed by atoms with E-state index in [1.807, 2.05) is 11.3 Å². The van der Waals surface area contributed by atoms with Crippen molar-refractivity contribution in [3.8, 4) is 43.8 Å². The number of hydrogen-bond acceptors (Lipinski definition) is 2. The molecule has 0 fully saturated rings. The Hall–Kier alpha value is -6.48. The summed E-state index contributed by atoms with van der Waals surface area (Å²) in [7, 11) is 0. The van der Waals surface area contributed by atoms with E-state index in [-0.39, 0.29) is 0 Å². The van der Waals surface area contributed by atoms with Gasteiger partial charge in [0, 0.05) is 26.5 Å². The zero-order valence-electron chi connectivity index (χ0n) is 28.9. The van der Waals surface area contributed by atoms with E-state index in [0.717, 1.165) is 11.4 Å². The lowest BCUT2D eigenvalue weighted by molar-refractivity contribution is 0.802. The van der Waals surface area contributed by atoms with E-state index in [2.05, 4.69) is 205 Å². The molecule has 1 unspecified atom stereocenters. The predicted molar refractivity (Wildman–Crippen MR) is 224 cm³/mol. The molecule has 2 aliphatic rings. The van der Waals surface area contributed by atoms with Gasteiger partial charge in [0.2, 0.25) is 0 Å². The minimum atomic E-state index is -0.411. The van der Waals surface area contributed by atoms with Gasteiger partial charge < -0.3 is 4.90 Å². The second-order valence-electron chi connectivity index (χ2n) is 14.0. The molecule has 1 heterocycles. The third-order valence-corrected chi connectivity index (χ3v) is 12.5. The maximum atomic E-state index is 2.45. The van der Waals surface area contributed by atoms with Crippen molar-refractivity contribution in [3.63, 3.8) is 0 Å². The summed E-state index contributed by atoms with van der Waals surface area (Å²) in [6.45, 7) is 0. The molecule has 0 radical (unpaired) electrons. The van der Waals surface area contributed by atoms with Crippen molar-refractivity contribution in [2.24, 2.45) is 0 Å². The molecule has 0 aliphatic heterocycles. The molecule has 2 aliphatic carbocycles. The van der Waals surface area contributed by atoms with Gasteiger partial charge >= 0.3 is 0 Å². The maximum Gasteiger partial charge on any atom is 0.0740 e. The number of hydrogen-bond donors (Lipinski definition) is 0. The third kappa shape index (κ3) is 4.37. The highest BCUT2D eigenvalue weighted by atomic mass is 32.1. The van der Waals surface area contributed by atoms with Gasteiger partial charge in [-0.1, -0.05) is 164 Å². The van der Waals surface area contributed by atoms with Crippen LogP contribution in [0.2, 0.25) is 0 Å². The molecule has 0 amide bonds. The molecule has 1 aromatic heterocycles. The van der Waals surface area contributed by atoms with E-state index >= 15 is 0 Å². The van der Waals surface area contributed by atoms with Crippen LogP contribution < -0.4 is 4.90 Å². The van der Waals surface area contributed by atoms with Crippen molar-refractivity contribution in [3.05, 3.63) is 222 Å². The summed E-state index contributed by atoms with van der Waals surface area (Å²) in [5, 5.41) is 1.35. The lowest BCUT2D eigenvalue weighted by atomic mass is 9.70. The van der Waals surface area contributed by atoms with Crippen molar-refractivity contribution >= 4 is 38.5 Å². The van der Waals surface area contributed by atoms with Gasteiger partial charge in [-0.3, -0.25) is 0 Å². The zero-order chi connectivity index (χ0) is 34.9. The molecule has 53 heavy (non-hydrogen) atoms. The Labute approximate surface area is 313 Å². The molecule has 248 valence electrons. The fourth-order valence-electron chi connectivity index (χ4n) is 9.10. The molecule has 1 atom stereocenters. The van der Waals surface area contributed by atoms with E-state index < -0.39 is 5.41 Å². The zero-order valence-corrected chi connectivity index (χ0v) is 29.7. The third-order valence-electron chi connectivity index (χ3n) is 11.3. The van der Waals surface area contributed by atoms with E-state index in [1.54, 1.807) is 0 Å². The van der Waals surface area contributed by atoms with Gasteiger partial charge in [-0.2, -0.15) is 0 Å². The predicted octanol–water partition coefficient (Wildman–Crippen LogP) is 14.0. The summed E-state index contributed by atoms with van der Waals surface area (Å²) in [5.41, 5.74) is 17.4. The lowest BCUT2D eigenvalue weighted by Gasteiger charge is -2.31. The van der Waals surface area contributed by atoms with Gasteiger partial charge in [-0.15, -0.1) is 11.3 Å². The Morgan fingerprint density at radius 3 is 1.60 bits per heavy atom. The summed E-state index contributed by atoms with van der Waals surface area (Å²) >= 11 is 1.93. The van der Waals surface area contributed by atoms with Crippen molar-refractivity contribution in [2.45, 2.75) is 5.41 Å². The first-order chi connectivity index (χ1) is 26.3. The monoisotopic (exact) mass is 691 g/mol. The van der Waals surface area contributed by atoms with Gasteiger partial charge in [0.15, 0.2) is 0 Å². The lowest BCUT2D eigenvalue weighted by Crippen LogP contribution is -2.26. The first kappa shape index (κ1) is 30.2. The fourth-order valence-corrected chi connectivity index (χ4v) is 10.4. The Balaban J connectivity index is 1.11. The molecule has 1 spiro atoms. The van der Waals surface area contributed by atoms with Crippen LogP contribution in [-0.4, -0.2) is 0 Å². The normalized spacial score (nSPS) is 14.9. The Morgan fingerprint density at radius 1 is 0.377 bits per heavy atom. The van der Waals surface area contributed by atoms with Crippen molar-refractivity contribution in [1.29, 1.82) is 0 Å². The summed E-state index contributed by atoms with van der Waals surface area (Å²) in [5.74, 6) is 0. The molecule has 2 heteroatoms. The molecular weight excluding hydrogens is 659 g/mol. The van der Waals surface area contributed by atoms with Crippen LogP contribution in [0.25, 0.3) is 53.9 Å². The summed E-state index contributed by atoms with van der Waals surface area (Å²) in [6.07, 6.45) is 0. The minimum absolute atomic E-state index is 0.411. The second-order valence-corrected chi connectivity index (χ2v) is 15.1. The fraction of sp³-hybridized carbons (Fsp3) is 0.0196. The molecule has 0 N–H and O–H groups in total. The molecule has 0 saturated heterocycles. The van der Waals surface area contributed by atoms with E-state index in [1.165, 1.54) is 81.8 Å². The number of benzene rings is 8. The second kappa shape index (κ2) is 11.8. The molecule has 1 nitrogen and oxygen atoms in total. The summed E-state index contributed by atoms with van der Waals surface area (Å²) in [4.78, 5) is 3.84. The van der Waals surface area contributed by atoms with Crippen LogP contribution in [-0.2, 0) is 5.41 Å². The van der Waals surface area contributed by atoms with Crippen LogP contribution in [0, 0.1) is 0 Å². The van der Waals surface area contributed by atoms with Crippen LogP contribution in [0.4, 0.5) is 17.1 Å². The topological polar surface area (TPSA) is 3.24 Å². The van der Waals surface area contributed by atoms with E-state index in [9.17, 15) is 0 Å². The largest absolute Gasteiger partial charge is 0.310 e. The molecule has 0 saturated carbocycles. The van der Waals surface area contributed by atoms with Gasteiger partial charge in [0.25, 0.3) is 0 Å². The molecule has 8 aromatic carbocycles. The standard InChI is InChI=1S/C51H33NS/c1-3-14-34(15-4-1)35-26-28-36(29-27-35)37-30-32-39(33-31-37)52(38-16-5-2-6-17-38)46-24-13-23-45-48(46)40-18-7-10-21-43(40)51(45)44-22-11-8-19-41(44)50-49(51)42-20-9-12-25-47(42)53-50/h1-33H. The number of fused-ring (bicyclic) bond motifs is 12. The van der Waals surface area contributed by atoms with E-state index in [0.29, 0.717) is 0 Å². The maximum absolute atomic E-state index is 2.45. The van der Waals surface area contributed by atoms with E-state index in [4.69, 9.17) is 0 Å². The minimum Gasteiger partial charge on any atom is -0.310 e. The quantitative estimate of drug-likeness (QED) is 0.174. The Morgan fingerprint density at radius 2 is 0.887 bits per heavy atom. The Bertz CT molecular complexity index is 2820. The summed E-state index contributed by atoms with van der Waals surface area (Å²) < 4.78 is 1.34. The average molecular weight is 692 g/mol. The number of nitrogens with zero attached hydrogens (tertiary/aromatic N) is 1. The van der Waals surface area contributed by atoms with Crippen LogP contribution in [0.5, 0.6) is 0 Å². The van der Waals surface area contributed by atoms with Crippen molar-refractivity contribution in [1.82, 2.24) is 0 Å². The molecule has 9 aromatic rings. The highest BCUT2D eigenvalue weighted by Gasteiger charge is 2.54. The van der Waals surface area contributed by atoms with Gasteiger partial charge in [-0.05, 0) is 97.4 Å². The first-order valence-electron chi connectivity index (χ1n) is 18.3. The average Bonchev–Trinajstić information content (AvgIpc) is 3.86. The number of anilines is 3. The first-order valence-corrected chi connectivity index (χ1v) is 19.1. The van der Waals surface area contributed by atoms with Crippen LogP contribution >= 0.6 is 11.3 Å². The van der Waals surface area contributed by atoms with Crippen LogP contribution in [0.1, 0.15) is 22.3 Å². The molecular formula is C51H33NS. The van der Waals surface area contributed by atoms with Crippen molar-refractivity contribution in [2.75, 3.05) is 4.90 Å². The Kier molecular flexibility index (Phi) is 6.71. The highest BCUT2D eigenvalue weighted by molar-refractivity contribution is 7.22. The highest BCUT2D eigenvalue weighted by Crippen LogP contribution is 2.67. The van der Waals surface area contributed by atoms with Crippen molar-refractivity contribution < 1.29 is 0 Å². The smallest absolute Gasteiger partial charge is 0.0740 e. The van der Waals surface area contributed by atoms with Gasteiger partial charge in [0.1, 0.15) is 0 Å². The van der Waals surface area contributed by atoms with Crippen LogP contribution in [0.3, 0.4) is 0 Å². The number of para-hydroxylation sites is 1. The number of rotatable bonds is 5. The summed E-state index contributed by atoms with van der Waals surface area (Å²) in [6, 6.07) is 73.6. The van der Waals surface area contributed by atoms with Gasteiger partial charge in [-0.25, -0.2) is 0 Å². The SMILES string of the molecule is c1ccc(-c2ccc(-c3ccc(N(c4ccccc4)c4cccc5c4-c4ccccc4C54c5ccccc5-c5sc6ccccc6c54)cc3)cc2)cc1. The van der Waals surface area contributed by atoms with Crippen LogP contribution in [0.15, 0.2) is 200 Å². The number of thiophene rings is 1. The molecule has 0 bridgehead atoms. The van der Waals surface area contributed by atoms with Gasteiger partial charge in [0.05, 0.1) is 11.1 Å².